The summed E-state index contributed by atoms with van der Waals surface area (Å²) in [5.74, 6) is 0. The van der Waals surface area contributed by atoms with Crippen LogP contribution in [0.15, 0.2) is 71.1 Å². The molecule has 6 heteroatoms. The van der Waals surface area contributed by atoms with E-state index >= 15 is 0 Å². The van der Waals surface area contributed by atoms with Crippen LogP contribution in [0, 0.1) is 0 Å². The van der Waals surface area contributed by atoms with Gasteiger partial charge in [-0.25, -0.2) is 8.42 Å². The van der Waals surface area contributed by atoms with Gasteiger partial charge in [-0.3, -0.25) is 0 Å². The third kappa shape index (κ3) is 4.77. The van der Waals surface area contributed by atoms with Gasteiger partial charge in [-0.1, -0.05) is 71.0 Å². The van der Waals surface area contributed by atoms with E-state index in [1.54, 1.807) is 0 Å². The molecule has 0 radical (unpaired) electrons. The van der Waals surface area contributed by atoms with Gasteiger partial charge in [0.2, 0.25) is 10.0 Å². The summed E-state index contributed by atoms with van der Waals surface area (Å²) in [4.78, 5) is 0. The normalized spacial score (nSPS) is 13.0. The molecule has 0 amide bonds. The Morgan fingerprint density at radius 3 is 2.33 bits per heavy atom. The zero-order chi connectivity index (χ0) is 17.6. The first kappa shape index (κ1) is 18.9. The van der Waals surface area contributed by atoms with Crippen LogP contribution >= 0.6 is 15.9 Å². The molecule has 1 N–H and O–H groups in total. The van der Waals surface area contributed by atoms with Crippen LogP contribution < -0.4 is 0 Å². The van der Waals surface area contributed by atoms with Crippen molar-refractivity contribution < 1.29 is 13.5 Å². The van der Waals surface area contributed by atoms with E-state index in [0.29, 0.717) is 6.42 Å². The molecular weight excluding hydrogens is 390 g/mol. The zero-order valence-corrected chi connectivity index (χ0v) is 15.6. The van der Waals surface area contributed by atoms with Gasteiger partial charge in [0.05, 0.1) is 12.6 Å². The minimum Gasteiger partial charge on any atom is -0.395 e. The van der Waals surface area contributed by atoms with Crippen LogP contribution in [-0.4, -0.2) is 30.5 Å². The number of hydrogen-bond acceptors (Lipinski definition) is 3. The van der Waals surface area contributed by atoms with Gasteiger partial charge in [0.25, 0.3) is 0 Å². The van der Waals surface area contributed by atoms with Crippen LogP contribution in [0.25, 0.3) is 0 Å². The van der Waals surface area contributed by atoms with Crippen molar-refractivity contribution in [3.8, 4) is 0 Å². The quantitative estimate of drug-likeness (QED) is 0.727. The Morgan fingerprint density at radius 2 is 1.75 bits per heavy atom. The lowest BCUT2D eigenvalue weighted by Crippen LogP contribution is -2.42. The number of benzene rings is 2. The Labute approximate surface area is 151 Å². The van der Waals surface area contributed by atoms with E-state index in [4.69, 9.17) is 0 Å². The first-order valence-electron chi connectivity index (χ1n) is 7.50. The molecule has 24 heavy (non-hydrogen) atoms. The number of hydrogen-bond donors (Lipinski definition) is 1. The van der Waals surface area contributed by atoms with Crippen LogP contribution in [0.3, 0.4) is 0 Å². The van der Waals surface area contributed by atoms with E-state index in [2.05, 4.69) is 22.5 Å². The molecule has 0 aromatic heterocycles. The Kier molecular flexibility index (Phi) is 6.74. The molecule has 0 saturated carbocycles. The topological polar surface area (TPSA) is 57.6 Å². The minimum atomic E-state index is -3.69. The molecule has 0 spiro atoms. The lowest BCUT2D eigenvalue weighted by molar-refractivity contribution is 0.183. The fourth-order valence-electron chi connectivity index (χ4n) is 2.46. The monoisotopic (exact) mass is 409 g/mol. The third-order valence-electron chi connectivity index (χ3n) is 3.75. The molecular formula is C18H20BrNO3S. The van der Waals surface area contributed by atoms with Crippen molar-refractivity contribution >= 4 is 26.0 Å². The predicted octanol–water partition coefficient (Wildman–Crippen LogP) is 3.33. The van der Waals surface area contributed by atoms with Crippen molar-refractivity contribution in [3.05, 3.63) is 82.2 Å². The molecule has 0 saturated heterocycles. The Balaban J connectivity index is 2.34. The van der Waals surface area contributed by atoms with Crippen LogP contribution in [-0.2, 0) is 23.0 Å². The van der Waals surface area contributed by atoms with Crippen molar-refractivity contribution in [2.24, 2.45) is 0 Å². The molecule has 4 nitrogen and oxygen atoms in total. The summed E-state index contributed by atoms with van der Waals surface area (Å²) in [6, 6.07) is 16.4. The fraction of sp³-hybridized carbons (Fsp3) is 0.222. The maximum atomic E-state index is 12.5. The van der Waals surface area contributed by atoms with Crippen molar-refractivity contribution in [3.63, 3.8) is 0 Å². The molecule has 2 aromatic carbocycles. The number of aliphatic hydroxyl groups is 1. The predicted molar refractivity (Wildman–Crippen MR) is 99.8 cm³/mol. The van der Waals surface area contributed by atoms with E-state index in [1.165, 1.54) is 4.31 Å². The summed E-state index contributed by atoms with van der Waals surface area (Å²) >= 11 is 3.44. The second kappa shape index (κ2) is 8.58. The highest BCUT2D eigenvalue weighted by Crippen LogP contribution is 2.23. The highest BCUT2D eigenvalue weighted by molar-refractivity contribution is 9.10. The smallest absolute Gasteiger partial charge is 0.236 e. The average Bonchev–Trinajstić information content (AvgIpc) is 2.60. The lowest BCUT2D eigenvalue weighted by Gasteiger charge is -2.29. The van der Waals surface area contributed by atoms with E-state index in [1.807, 2.05) is 54.6 Å². The van der Waals surface area contributed by atoms with Crippen molar-refractivity contribution in [2.75, 3.05) is 6.61 Å². The average molecular weight is 410 g/mol. The molecule has 2 rings (SSSR count). The minimum absolute atomic E-state index is 0.161. The van der Waals surface area contributed by atoms with E-state index in [9.17, 15) is 13.5 Å². The van der Waals surface area contributed by atoms with E-state index < -0.39 is 16.1 Å². The highest BCUT2D eigenvalue weighted by atomic mass is 79.9. The zero-order valence-electron chi connectivity index (χ0n) is 13.2. The maximum absolute atomic E-state index is 12.5. The lowest BCUT2D eigenvalue weighted by atomic mass is 10.1. The van der Waals surface area contributed by atoms with Gasteiger partial charge in [0.15, 0.2) is 0 Å². The van der Waals surface area contributed by atoms with E-state index in [0.717, 1.165) is 21.0 Å². The summed E-state index contributed by atoms with van der Waals surface area (Å²) in [6.45, 7) is 3.31. The van der Waals surface area contributed by atoms with Crippen LogP contribution in [0.4, 0.5) is 0 Å². The van der Waals surface area contributed by atoms with Gasteiger partial charge in [-0.15, -0.1) is 0 Å². The number of nitrogens with zero attached hydrogens (tertiary/aromatic N) is 1. The molecule has 0 bridgehead atoms. The van der Waals surface area contributed by atoms with Crippen LogP contribution in [0.1, 0.15) is 11.1 Å². The van der Waals surface area contributed by atoms with E-state index in [-0.39, 0.29) is 13.2 Å². The standard InChI is InChI=1S/C18H20BrNO3S/c1-2-24(22,23)20(13-16-10-6-7-11-18(16)19)17(14-21)12-15-8-4-3-5-9-15/h2-11,17,21H,1,12-14H2/t17-/m0/s1. The van der Waals surface area contributed by atoms with Gasteiger partial charge < -0.3 is 5.11 Å². The molecule has 0 unspecified atom stereocenters. The number of aliphatic hydroxyl groups excluding tert-OH is 1. The molecule has 2 aromatic rings. The Hall–Kier alpha value is -1.47. The van der Waals surface area contributed by atoms with Gasteiger partial charge in [-0.2, -0.15) is 4.31 Å². The first-order chi connectivity index (χ1) is 11.5. The molecule has 128 valence electrons. The Bertz CT molecular complexity index is 778. The van der Waals surface area contributed by atoms with Gasteiger partial charge in [0.1, 0.15) is 0 Å². The highest BCUT2D eigenvalue weighted by Gasteiger charge is 2.28. The van der Waals surface area contributed by atoms with Crippen molar-refractivity contribution in [1.29, 1.82) is 0 Å². The second-order valence-electron chi connectivity index (χ2n) is 5.37. The molecule has 0 aliphatic carbocycles. The summed E-state index contributed by atoms with van der Waals surface area (Å²) in [6.07, 6.45) is 0.425. The van der Waals surface area contributed by atoms with Gasteiger partial charge in [-0.05, 0) is 23.6 Å². The molecule has 0 aliphatic heterocycles. The van der Waals surface area contributed by atoms with Crippen molar-refractivity contribution in [2.45, 2.75) is 19.0 Å². The Morgan fingerprint density at radius 1 is 1.12 bits per heavy atom. The van der Waals surface area contributed by atoms with Crippen molar-refractivity contribution in [1.82, 2.24) is 4.31 Å². The SMILES string of the molecule is C=CS(=O)(=O)N(Cc1ccccc1Br)[C@H](CO)Cc1ccccc1. The second-order valence-corrected chi connectivity index (χ2v) is 8.06. The molecule has 0 fully saturated rings. The summed E-state index contributed by atoms with van der Waals surface area (Å²) in [7, 11) is -3.69. The molecule has 0 heterocycles. The fourth-order valence-corrected chi connectivity index (χ4v) is 3.94. The number of rotatable bonds is 8. The van der Waals surface area contributed by atoms with Gasteiger partial charge >= 0.3 is 0 Å². The molecule has 0 aliphatic rings. The van der Waals surface area contributed by atoms with Crippen LogP contribution in [0.5, 0.6) is 0 Å². The van der Waals surface area contributed by atoms with Crippen LogP contribution in [0.2, 0.25) is 0 Å². The maximum Gasteiger partial charge on any atom is 0.236 e. The summed E-state index contributed by atoms with van der Waals surface area (Å²) in [5, 5.41) is 10.7. The molecule has 1 atom stereocenters. The summed E-state index contributed by atoms with van der Waals surface area (Å²) < 4.78 is 27.1. The largest absolute Gasteiger partial charge is 0.395 e. The third-order valence-corrected chi connectivity index (χ3v) is 6.03. The number of sulfonamides is 1. The number of halogens is 1. The first-order valence-corrected chi connectivity index (χ1v) is 9.80. The summed E-state index contributed by atoms with van der Waals surface area (Å²) in [5.41, 5.74) is 1.79. The van der Waals surface area contributed by atoms with Gasteiger partial charge in [0, 0.05) is 16.4 Å².